The van der Waals surface area contributed by atoms with Crippen molar-refractivity contribution in [2.45, 2.75) is 356 Å². The standard InChI is InChI=1S/C63H122O6/c1-7-59(6)51-45-39-33-27-21-14-11-12-16-23-29-35-41-47-53-62(65)68-56-60(69-63(66)54-48-42-36-30-24-18-17-20-26-32-38-44-50-58(4)5)55-67-61(64)52-46-40-34-28-22-15-10-8-9-13-19-25-31-37-43-49-57(2)3/h57-60H,7-56H2,1-6H3/t59?,60-/m1/s1. The summed E-state index contributed by atoms with van der Waals surface area (Å²) < 4.78 is 16.9. The van der Waals surface area contributed by atoms with Crippen molar-refractivity contribution in [1.29, 1.82) is 0 Å². The molecule has 0 amide bonds. The Labute approximate surface area is 431 Å². The van der Waals surface area contributed by atoms with Gasteiger partial charge in [0.1, 0.15) is 13.2 Å². The van der Waals surface area contributed by atoms with Crippen molar-refractivity contribution in [3.8, 4) is 0 Å². The number of rotatable bonds is 56. The predicted octanol–water partition coefficient (Wildman–Crippen LogP) is 20.7. The van der Waals surface area contributed by atoms with Crippen molar-refractivity contribution in [2.75, 3.05) is 13.2 Å². The molecule has 0 spiro atoms. The highest BCUT2D eigenvalue weighted by Gasteiger charge is 2.19. The Balaban J connectivity index is 4.29. The Bertz CT molecular complexity index is 1070. The Kier molecular flexibility index (Phi) is 52.9. The minimum atomic E-state index is -0.764. The average molecular weight is 976 g/mol. The fraction of sp³-hybridized carbons (Fsp3) is 0.952. The van der Waals surface area contributed by atoms with E-state index in [2.05, 4.69) is 41.5 Å². The maximum absolute atomic E-state index is 12.9. The largest absolute Gasteiger partial charge is 0.462 e. The Morgan fingerprint density at radius 3 is 0.754 bits per heavy atom. The van der Waals surface area contributed by atoms with Gasteiger partial charge in [-0.2, -0.15) is 0 Å². The first-order valence-corrected chi connectivity index (χ1v) is 31.1. The van der Waals surface area contributed by atoms with Gasteiger partial charge in [-0.15, -0.1) is 0 Å². The maximum Gasteiger partial charge on any atom is 0.306 e. The van der Waals surface area contributed by atoms with Crippen LogP contribution in [0, 0.1) is 17.8 Å². The van der Waals surface area contributed by atoms with Crippen LogP contribution in [0.15, 0.2) is 0 Å². The van der Waals surface area contributed by atoms with Crippen molar-refractivity contribution in [1.82, 2.24) is 0 Å². The molecular formula is C63H122O6. The molecule has 0 saturated heterocycles. The lowest BCUT2D eigenvalue weighted by atomic mass is 9.99. The molecule has 2 atom stereocenters. The third-order valence-corrected chi connectivity index (χ3v) is 14.8. The quantitative estimate of drug-likeness (QED) is 0.0343. The molecule has 6 heteroatoms. The Morgan fingerprint density at radius 2 is 0.507 bits per heavy atom. The summed E-state index contributed by atoms with van der Waals surface area (Å²) in [5.74, 6) is 1.74. The van der Waals surface area contributed by atoms with Crippen LogP contribution < -0.4 is 0 Å². The Morgan fingerprint density at radius 1 is 0.290 bits per heavy atom. The molecule has 0 N–H and O–H groups in total. The first-order chi connectivity index (χ1) is 33.6. The summed E-state index contributed by atoms with van der Waals surface area (Å²) in [4.78, 5) is 38.3. The van der Waals surface area contributed by atoms with E-state index in [0.717, 1.165) is 75.5 Å². The van der Waals surface area contributed by atoms with Gasteiger partial charge in [0.25, 0.3) is 0 Å². The predicted molar refractivity (Wildman–Crippen MR) is 298 cm³/mol. The highest BCUT2D eigenvalue weighted by molar-refractivity contribution is 5.71. The van der Waals surface area contributed by atoms with Crippen LogP contribution in [-0.4, -0.2) is 37.2 Å². The highest BCUT2D eigenvalue weighted by Crippen LogP contribution is 2.19. The van der Waals surface area contributed by atoms with Crippen LogP contribution in [0.3, 0.4) is 0 Å². The average Bonchev–Trinajstić information content (AvgIpc) is 3.32. The lowest BCUT2D eigenvalue weighted by Gasteiger charge is -2.18. The van der Waals surface area contributed by atoms with Crippen molar-refractivity contribution >= 4 is 17.9 Å². The first-order valence-electron chi connectivity index (χ1n) is 31.1. The number of unbranched alkanes of at least 4 members (excludes halogenated alkanes) is 38. The van der Waals surface area contributed by atoms with Crippen LogP contribution in [0.2, 0.25) is 0 Å². The summed E-state index contributed by atoms with van der Waals surface area (Å²) in [6.07, 6.45) is 58.0. The molecule has 0 aliphatic rings. The van der Waals surface area contributed by atoms with Crippen LogP contribution >= 0.6 is 0 Å². The van der Waals surface area contributed by atoms with E-state index in [0.29, 0.717) is 19.3 Å². The molecule has 0 aliphatic heterocycles. The van der Waals surface area contributed by atoms with Gasteiger partial charge in [-0.3, -0.25) is 14.4 Å². The minimum absolute atomic E-state index is 0.0629. The van der Waals surface area contributed by atoms with Gasteiger partial charge in [-0.25, -0.2) is 0 Å². The molecule has 0 heterocycles. The van der Waals surface area contributed by atoms with Crippen LogP contribution in [0.4, 0.5) is 0 Å². The van der Waals surface area contributed by atoms with Gasteiger partial charge in [0, 0.05) is 19.3 Å². The topological polar surface area (TPSA) is 78.9 Å². The molecule has 69 heavy (non-hydrogen) atoms. The molecule has 410 valence electrons. The summed E-state index contributed by atoms with van der Waals surface area (Å²) in [7, 11) is 0. The molecule has 6 nitrogen and oxygen atoms in total. The van der Waals surface area contributed by atoms with Crippen LogP contribution in [0.5, 0.6) is 0 Å². The number of carbonyl (C=O) groups excluding carboxylic acids is 3. The van der Waals surface area contributed by atoms with Gasteiger partial charge in [0.05, 0.1) is 0 Å². The third kappa shape index (κ3) is 55.6. The van der Waals surface area contributed by atoms with E-state index in [-0.39, 0.29) is 31.1 Å². The van der Waals surface area contributed by atoms with E-state index >= 15 is 0 Å². The molecule has 0 radical (unpaired) electrons. The van der Waals surface area contributed by atoms with E-state index in [1.807, 2.05) is 0 Å². The lowest BCUT2D eigenvalue weighted by Crippen LogP contribution is -2.30. The minimum Gasteiger partial charge on any atom is -0.462 e. The second kappa shape index (κ2) is 54.2. The molecule has 1 unspecified atom stereocenters. The van der Waals surface area contributed by atoms with E-state index in [4.69, 9.17) is 14.2 Å². The summed E-state index contributed by atoms with van der Waals surface area (Å²) in [5, 5.41) is 0. The fourth-order valence-electron chi connectivity index (χ4n) is 9.67. The molecule has 0 aliphatic carbocycles. The molecule has 0 aromatic rings. The molecule has 0 aromatic heterocycles. The third-order valence-electron chi connectivity index (χ3n) is 14.8. The van der Waals surface area contributed by atoms with Gasteiger partial charge in [-0.1, -0.05) is 311 Å². The summed E-state index contributed by atoms with van der Waals surface area (Å²) in [6, 6.07) is 0. The number of ether oxygens (including phenoxy) is 3. The lowest BCUT2D eigenvalue weighted by molar-refractivity contribution is -0.167. The molecule has 0 fully saturated rings. The van der Waals surface area contributed by atoms with Crippen molar-refractivity contribution < 1.29 is 28.6 Å². The maximum atomic E-state index is 12.9. The van der Waals surface area contributed by atoms with E-state index < -0.39 is 6.10 Å². The van der Waals surface area contributed by atoms with E-state index in [1.165, 1.54) is 231 Å². The van der Waals surface area contributed by atoms with Crippen LogP contribution in [0.1, 0.15) is 350 Å². The van der Waals surface area contributed by atoms with Gasteiger partial charge >= 0.3 is 17.9 Å². The Hall–Kier alpha value is -1.59. The highest BCUT2D eigenvalue weighted by atomic mass is 16.6. The zero-order valence-corrected chi connectivity index (χ0v) is 47.6. The van der Waals surface area contributed by atoms with Crippen LogP contribution in [-0.2, 0) is 28.6 Å². The monoisotopic (exact) mass is 975 g/mol. The molecule has 0 saturated carbocycles. The number of hydrogen-bond acceptors (Lipinski definition) is 6. The zero-order chi connectivity index (χ0) is 50.5. The van der Waals surface area contributed by atoms with Crippen molar-refractivity contribution in [3.05, 3.63) is 0 Å². The SMILES string of the molecule is CCC(C)CCCCCCCCCCCCCCCCC(=O)OC[C@@H](COC(=O)CCCCCCCCCCCCCCCCCC(C)C)OC(=O)CCCCCCCCCCCCCCC(C)C. The smallest absolute Gasteiger partial charge is 0.306 e. The van der Waals surface area contributed by atoms with Crippen LogP contribution in [0.25, 0.3) is 0 Å². The number of carbonyl (C=O) groups is 3. The molecule has 0 rings (SSSR count). The second-order valence-corrected chi connectivity index (χ2v) is 22.9. The summed E-state index contributed by atoms with van der Waals surface area (Å²) in [5.41, 5.74) is 0. The number of hydrogen-bond donors (Lipinski definition) is 0. The molecule has 0 bridgehead atoms. The first kappa shape index (κ1) is 67.4. The fourth-order valence-corrected chi connectivity index (χ4v) is 9.67. The van der Waals surface area contributed by atoms with Crippen molar-refractivity contribution in [3.63, 3.8) is 0 Å². The van der Waals surface area contributed by atoms with Gasteiger partial charge in [0.15, 0.2) is 6.10 Å². The van der Waals surface area contributed by atoms with Gasteiger partial charge in [-0.05, 0) is 37.0 Å². The molecule has 0 aromatic carbocycles. The molecular weight excluding hydrogens is 853 g/mol. The number of esters is 3. The zero-order valence-electron chi connectivity index (χ0n) is 47.6. The van der Waals surface area contributed by atoms with Crippen molar-refractivity contribution in [2.24, 2.45) is 17.8 Å². The second-order valence-electron chi connectivity index (χ2n) is 22.9. The van der Waals surface area contributed by atoms with Gasteiger partial charge in [0.2, 0.25) is 0 Å². The van der Waals surface area contributed by atoms with Gasteiger partial charge < -0.3 is 14.2 Å². The van der Waals surface area contributed by atoms with E-state index in [1.54, 1.807) is 0 Å². The summed E-state index contributed by atoms with van der Waals surface area (Å²) >= 11 is 0. The summed E-state index contributed by atoms with van der Waals surface area (Å²) in [6.45, 7) is 13.8. The normalized spacial score (nSPS) is 12.5. The van der Waals surface area contributed by atoms with E-state index in [9.17, 15) is 14.4 Å².